The van der Waals surface area contributed by atoms with Crippen molar-refractivity contribution in [1.29, 1.82) is 0 Å². The van der Waals surface area contributed by atoms with Gasteiger partial charge < -0.3 is 4.42 Å². The second kappa shape index (κ2) is 5.75. The summed E-state index contributed by atoms with van der Waals surface area (Å²) in [6, 6.07) is 2.95. The van der Waals surface area contributed by atoms with E-state index in [1.165, 1.54) is 12.1 Å². The highest BCUT2D eigenvalue weighted by molar-refractivity contribution is 7.99. The molecule has 2 aromatic heterocycles. The van der Waals surface area contributed by atoms with Gasteiger partial charge in [-0.05, 0) is 49.6 Å². The molecule has 0 amide bonds. The number of nitrogens with zero attached hydrogens (tertiary/aromatic N) is 2. The Labute approximate surface area is 128 Å². The van der Waals surface area contributed by atoms with Crippen LogP contribution in [-0.2, 0) is 19.0 Å². The molecule has 0 saturated carbocycles. The Morgan fingerprint density at radius 1 is 1.18 bits per heavy atom. The molecule has 116 valence electrons. The molecule has 1 aliphatic carbocycles. The van der Waals surface area contributed by atoms with Crippen LogP contribution in [0.15, 0.2) is 26.8 Å². The third-order valence-electron chi connectivity index (χ3n) is 3.34. The molecule has 0 aliphatic heterocycles. The van der Waals surface area contributed by atoms with E-state index in [0.717, 1.165) is 18.2 Å². The Kier molecular flexibility index (Phi) is 3.94. The van der Waals surface area contributed by atoms with Gasteiger partial charge in [0.25, 0.3) is 0 Å². The molecule has 0 unspecified atom stereocenters. The van der Waals surface area contributed by atoms with Crippen molar-refractivity contribution in [3.05, 3.63) is 34.8 Å². The number of aldehydes is 1. The molecule has 0 radical (unpaired) electrons. The minimum absolute atomic E-state index is 0.0141. The topological polar surface area (TPSA) is 56.0 Å². The first-order chi connectivity index (χ1) is 10.5. The van der Waals surface area contributed by atoms with Crippen molar-refractivity contribution in [1.82, 2.24) is 9.97 Å². The van der Waals surface area contributed by atoms with Crippen LogP contribution in [-0.4, -0.2) is 16.3 Å². The van der Waals surface area contributed by atoms with E-state index < -0.39 is 11.9 Å². The van der Waals surface area contributed by atoms with Crippen LogP contribution in [0.3, 0.4) is 0 Å². The van der Waals surface area contributed by atoms with Crippen LogP contribution in [0.4, 0.5) is 13.2 Å². The van der Waals surface area contributed by atoms with Crippen molar-refractivity contribution >= 4 is 18.0 Å². The quantitative estimate of drug-likeness (QED) is 0.631. The summed E-state index contributed by atoms with van der Waals surface area (Å²) in [4.78, 5) is 18.5. The summed E-state index contributed by atoms with van der Waals surface area (Å²) < 4.78 is 44.7. The molecule has 0 fully saturated rings. The lowest BCUT2D eigenvalue weighted by atomic mass is 9.94. The van der Waals surface area contributed by atoms with Gasteiger partial charge in [0.15, 0.2) is 28.0 Å². The summed E-state index contributed by atoms with van der Waals surface area (Å²) in [6.45, 7) is 0. The van der Waals surface area contributed by atoms with E-state index in [-0.39, 0.29) is 21.6 Å². The predicted octanol–water partition coefficient (Wildman–Crippen LogP) is 3.93. The number of aryl methyl sites for hydroxylation is 1. The molecule has 22 heavy (non-hydrogen) atoms. The first-order valence-electron chi connectivity index (χ1n) is 6.67. The standard InChI is InChI=1S/C14H11F3N2O2S/c15-14(16,17)12-9-3-1-2-4-10(9)18-13(19-12)22-11-6-5-8(7-20)21-11/h5-7H,1-4H2. The van der Waals surface area contributed by atoms with Gasteiger partial charge in [-0.3, -0.25) is 4.79 Å². The fourth-order valence-corrected chi connectivity index (χ4v) is 3.14. The van der Waals surface area contributed by atoms with Crippen LogP contribution in [0, 0.1) is 0 Å². The fourth-order valence-electron chi connectivity index (χ4n) is 2.39. The zero-order valence-corrected chi connectivity index (χ0v) is 12.1. The first-order valence-corrected chi connectivity index (χ1v) is 7.49. The van der Waals surface area contributed by atoms with Crippen molar-refractivity contribution in [3.8, 4) is 0 Å². The molecule has 0 spiro atoms. The van der Waals surface area contributed by atoms with Gasteiger partial charge in [0.05, 0.1) is 0 Å². The van der Waals surface area contributed by atoms with Gasteiger partial charge in [-0.25, -0.2) is 9.97 Å². The van der Waals surface area contributed by atoms with Crippen LogP contribution in [0.5, 0.6) is 0 Å². The summed E-state index contributed by atoms with van der Waals surface area (Å²) in [5, 5.41) is 0.269. The molecule has 3 rings (SSSR count). The van der Waals surface area contributed by atoms with E-state index in [1.54, 1.807) is 0 Å². The third kappa shape index (κ3) is 3.01. The van der Waals surface area contributed by atoms with Crippen LogP contribution < -0.4 is 0 Å². The summed E-state index contributed by atoms with van der Waals surface area (Å²) >= 11 is 0.879. The maximum absolute atomic E-state index is 13.2. The van der Waals surface area contributed by atoms with Gasteiger partial charge in [0.1, 0.15) is 0 Å². The second-order valence-corrected chi connectivity index (χ2v) is 5.83. The second-order valence-electron chi connectivity index (χ2n) is 4.86. The zero-order chi connectivity index (χ0) is 15.7. The number of alkyl halides is 3. The Bertz CT molecular complexity index is 713. The van der Waals surface area contributed by atoms with Crippen molar-refractivity contribution < 1.29 is 22.4 Å². The SMILES string of the molecule is O=Cc1ccc(Sc2nc3c(c(C(F)(F)F)n2)CCCC3)o1. The molecule has 2 heterocycles. The zero-order valence-electron chi connectivity index (χ0n) is 11.3. The number of carbonyl (C=O) groups excluding carboxylic acids is 1. The number of rotatable bonds is 3. The van der Waals surface area contributed by atoms with E-state index >= 15 is 0 Å². The fraction of sp³-hybridized carbons (Fsp3) is 0.357. The molecular formula is C14H11F3N2O2S. The first kappa shape index (κ1) is 15.1. The monoisotopic (exact) mass is 328 g/mol. The lowest BCUT2D eigenvalue weighted by Gasteiger charge is -2.19. The van der Waals surface area contributed by atoms with Crippen molar-refractivity contribution in [2.45, 2.75) is 42.1 Å². The van der Waals surface area contributed by atoms with Crippen LogP contribution >= 0.6 is 11.8 Å². The van der Waals surface area contributed by atoms with Crippen LogP contribution in [0.2, 0.25) is 0 Å². The van der Waals surface area contributed by atoms with E-state index in [2.05, 4.69) is 9.97 Å². The minimum Gasteiger partial charge on any atom is -0.447 e. The highest BCUT2D eigenvalue weighted by atomic mass is 32.2. The van der Waals surface area contributed by atoms with E-state index in [9.17, 15) is 18.0 Å². The number of halogens is 3. The average Bonchev–Trinajstić information content (AvgIpc) is 2.93. The smallest absolute Gasteiger partial charge is 0.433 e. The maximum atomic E-state index is 13.2. The number of aromatic nitrogens is 2. The molecule has 2 aromatic rings. The number of carbonyl (C=O) groups is 1. The molecule has 0 saturated heterocycles. The van der Waals surface area contributed by atoms with Gasteiger partial charge >= 0.3 is 6.18 Å². The Hall–Kier alpha value is -1.83. The highest BCUT2D eigenvalue weighted by Gasteiger charge is 2.38. The average molecular weight is 328 g/mol. The summed E-state index contributed by atoms with van der Waals surface area (Å²) in [5.74, 6) is 0.108. The molecule has 8 heteroatoms. The lowest BCUT2D eigenvalue weighted by molar-refractivity contribution is -0.142. The van der Waals surface area contributed by atoms with Gasteiger partial charge in [0.2, 0.25) is 0 Å². The van der Waals surface area contributed by atoms with Crippen LogP contribution in [0.25, 0.3) is 0 Å². The maximum Gasteiger partial charge on any atom is 0.433 e. The van der Waals surface area contributed by atoms with E-state index in [0.29, 0.717) is 31.2 Å². The summed E-state index contributed by atoms with van der Waals surface area (Å²) in [7, 11) is 0. The molecule has 0 bridgehead atoms. The molecule has 0 N–H and O–H groups in total. The number of furan rings is 1. The van der Waals surface area contributed by atoms with Gasteiger partial charge in [-0.15, -0.1) is 0 Å². The number of fused-ring (bicyclic) bond motifs is 1. The molecule has 1 aliphatic rings. The summed E-state index contributed by atoms with van der Waals surface area (Å²) in [6.07, 6.45) is -1.57. The normalized spacial score (nSPS) is 14.7. The number of hydrogen-bond donors (Lipinski definition) is 0. The van der Waals surface area contributed by atoms with Crippen molar-refractivity contribution in [3.63, 3.8) is 0 Å². The van der Waals surface area contributed by atoms with Gasteiger partial charge in [-0.1, -0.05) is 0 Å². The Balaban J connectivity index is 1.99. The lowest BCUT2D eigenvalue weighted by Crippen LogP contribution is -2.18. The molecular weight excluding hydrogens is 317 g/mol. The molecule has 4 nitrogen and oxygen atoms in total. The largest absolute Gasteiger partial charge is 0.447 e. The van der Waals surface area contributed by atoms with Crippen molar-refractivity contribution in [2.75, 3.05) is 0 Å². The Morgan fingerprint density at radius 3 is 2.64 bits per heavy atom. The predicted molar refractivity (Wildman–Crippen MR) is 71.9 cm³/mol. The molecule has 0 atom stereocenters. The Morgan fingerprint density at radius 2 is 1.95 bits per heavy atom. The highest BCUT2D eigenvalue weighted by Crippen LogP contribution is 2.37. The van der Waals surface area contributed by atoms with E-state index in [1.807, 2.05) is 0 Å². The molecule has 0 aromatic carbocycles. The summed E-state index contributed by atoms with van der Waals surface area (Å²) in [5.41, 5.74) is -0.198. The number of hydrogen-bond acceptors (Lipinski definition) is 5. The van der Waals surface area contributed by atoms with Gasteiger partial charge in [0, 0.05) is 11.3 Å². The van der Waals surface area contributed by atoms with E-state index in [4.69, 9.17) is 4.42 Å². The van der Waals surface area contributed by atoms with Gasteiger partial charge in [-0.2, -0.15) is 13.2 Å². The van der Waals surface area contributed by atoms with Crippen molar-refractivity contribution in [2.24, 2.45) is 0 Å². The third-order valence-corrected chi connectivity index (χ3v) is 4.13. The minimum atomic E-state index is -4.50. The van der Waals surface area contributed by atoms with Crippen LogP contribution in [0.1, 0.15) is 40.3 Å².